The van der Waals surface area contributed by atoms with Gasteiger partial charge in [0.05, 0.1) is 6.21 Å². The topological polar surface area (TPSA) is 32.6 Å². The third-order valence-corrected chi connectivity index (χ3v) is 2.66. The molecule has 0 radical (unpaired) electrons. The van der Waals surface area contributed by atoms with Crippen molar-refractivity contribution in [2.24, 2.45) is 5.16 Å². The zero-order chi connectivity index (χ0) is 11.4. The first-order chi connectivity index (χ1) is 7.81. The van der Waals surface area contributed by atoms with Crippen LogP contribution in [0.5, 0.6) is 0 Å². The zero-order valence-corrected chi connectivity index (χ0v) is 9.22. The predicted molar refractivity (Wildman–Crippen MR) is 68.1 cm³/mol. The number of hydrogen-bond donors (Lipinski definition) is 1. The number of nitrogens with zero attached hydrogens (tertiary/aromatic N) is 1. The Morgan fingerprint density at radius 1 is 1.12 bits per heavy atom. The van der Waals surface area contributed by atoms with Crippen molar-refractivity contribution in [3.05, 3.63) is 54.1 Å². The molecule has 0 heterocycles. The van der Waals surface area contributed by atoms with Gasteiger partial charge in [0.15, 0.2) is 0 Å². The molecule has 2 rings (SSSR count). The molecule has 0 saturated heterocycles. The summed E-state index contributed by atoms with van der Waals surface area (Å²) < 4.78 is 0. The molecule has 80 valence electrons. The van der Waals surface area contributed by atoms with E-state index in [-0.39, 0.29) is 0 Å². The SMILES string of the molecule is ON=CC=C(Cl)c1ccc2ccccc2c1. The van der Waals surface area contributed by atoms with E-state index in [1.807, 2.05) is 42.5 Å². The van der Waals surface area contributed by atoms with Crippen LogP contribution in [-0.4, -0.2) is 11.4 Å². The second-order valence-corrected chi connectivity index (χ2v) is 3.75. The molecule has 16 heavy (non-hydrogen) atoms. The third-order valence-electron chi connectivity index (χ3n) is 2.31. The average molecular weight is 232 g/mol. The van der Waals surface area contributed by atoms with Gasteiger partial charge in [-0.05, 0) is 28.5 Å². The van der Waals surface area contributed by atoms with E-state index in [4.69, 9.17) is 16.8 Å². The normalized spacial score (nSPS) is 12.4. The van der Waals surface area contributed by atoms with Gasteiger partial charge in [0.2, 0.25) is 0 Å². The van der Waals surface area contributed by atoms with Gasteiger partial charge in [-0.25, -0.2) is 0 Å². The Kier molecular flexibility index (Phi) is 3.22. The number of benzene rings is 2. The lowest BCUT2D eigenvalue weighted by Gasteiger charge is -2.01. The van der Waals surface area contributed by atoms with Gasteiger partial charge in [-0.15, -0.1) is 0 Å². The Hall–Kier alpha value is -1.80. The van der Waals surface area contributed by atoms with Gasteiger partial charge in [-0.1, -0.05) is 53.2 Å². The molecule has 0 aliphatic rings. The van der Waals surface area contributed by atoms with E-state index in [9.17, 15) is 0 Å². The number of allylic oxidation sites excluding steroid dienone is 1. The minimum absolute atomic E-state index is 0.545. The summed E-state index contributed by atoms with van der Waals surface area (Å²) in [5.41, 5.74) is 0.903. The fourth-order valence-electron chi connectivity index (χ4n) is 1.53. The minimum atomic E-state index is 0.545. The molecule has 3 heteroatoms. The Morgan fingerprint density at radius 2 is 1.88 bits per heavy atom. The van der Waals surface area contributed by atoms with E-state index >= 15 is 0 Å². The molecule has 2 aromatic rings. The maximum Gasteiger partial charge on any atom is 0.0676 e. The maximum atomic E-state index is 8.30. The number of hydrogen-bond acceptors (Lipinski definition) is 2. The molecule has 1 N–H and O–H groups in total. The predicted octanol–water partition coefficient (Wildman–Crippen LogP) is 3.88. The molecular weight excluding hydrogens is 222 g/mol. The molecule has 0 saturated carbocycles. The maximum absolute atomic E-state index is 8.30. The van der Waals surface area contributed by atoms with Crippen molar-refractivity contribution >= 4 is 33.6 Å². The van der Waals surface area contributed by atoms with Crippen LogP contribution in [0.1, 0.15) is 5.56 Å². The lowest BCUT2D eigenvalue weighted by molar-refractivity contribution is 0.322. The number of oxime groups is 1. The quantitative estimate of drug-likeness (QED) is 0.475. The molecule has 2 nitrogen and oxygen atoms in total. The van der Waals surface area contributed by atoms with Crippen molar-refractivity contribution in [1.82, 2.24) is 0 Å². The highest BCUT2D eigenvalue weighted by molar-refractivity contribution is 6.49. The summed E-state index contributed by atoms with van der Waals surface area (Å²) in [7, 11) is 0. The van der Waals surface area contributed by atoms with Crippen LogP contribution in [0.4, 0.5) is 0 Å². The lowest BCUT2D eigenvalue weighted by Crippen LogP contribution is -1.79. The second kappa shape index (κ2) is 4.81. The van der Waals surface area contributed by atoms with E-state index in [0.29, 0.717) is 5.03 Å². The van der Waals surface area contributed by atoms with Crippen molar-refractivity contribution in [3.8, 4) is 0 Å². The lowest BCUT2D eigenvalue weighted by atomic mass is 10.1. The molecule has 0 aromatic heterocycles. The Balaban J connectivity index is 2.47. The van der Waals surface area contributed by atoms with Gasteiger partial charge < -0.3 is 5.21 Å². The van der Waals surface area contributed by atoms with Crippen LogP contribution >= 0.6 is 11.6 Å². The average Bonchev–Trinajstić information content (AvgIpc) is 2.35. The van der Waals surface area contributed by atoms with Crippen molar-refractivity contribution < 1.29 is 5.21 Å². The summed E-state index contributed by atoms with van der Waals surface area (Å²) in [4.78, 5) is 0. The van der Waals surface area contributed by atoms with Gasteiger partial charge in [0.1, 0.15) is 0 Å². The molecule has 0 bridgehead atoms. The third kappa shape index (κ3) is 2.23. The molecule has 0 unspecified atom stereocenters. The van der Waals surface area contributed by atoms with Crippen molar-refractivity contribution in [3.63, 3.8) is 0 Å². The van der Waals surface area contributed by atoms with Crippen LogP contribution in [0.3, 0.4) is 0 Å². The molecule has 0 spiro atoms. The molecule has 0 aliphatic heterocycles. The molecule has 0 aliphatic carbocycles. The summed E-state index contributed by atoms with van der Waals surface area (Å²) in [6.45, 7) is 0. The number of halogens is 1. The van der Waals surface area contributed by atoms with Gasteiger partial charge in [-0.3, -0.25) is 0 Å². The summed E-state index contributed by atoms with van der Waals surface area (Å²) in [5.74, 6) is 0. The molecule has 2 aromatic carbocycles. The number of rotatable bonds is 2. The van der Waals surface area contributed by atoms with Crippen LogP contribution in [0.25, 0.3) is 15.8 Å². The van der Waals surface area contributed by atoms with Crippen molar-refractivity contribution in [2.75, 3.05) is 0 Å². The fraction of sp³-hybridized carbons (Fsp3) is 0. The van der Waals surface area contributed by atoms with Crippen LogP contribution < -0.4 is 0 Å². The van der Waals surface area contributed by atoms with Gasteiger partial charge >= 0.3 is 0 Å². The van der Waals surface area contributed by atoms with Gasteiger partial charge in [0, 0.05) is 5.03 Å². The first-order valence-corrected chi connectivity index (χ1v) is 5.21. The summed E-state index contributed by atoms with van der Waals surface area (Å²) in [6, 6.07) is 14.0. The van der Waals surface area contributed by atoms with Crippen LogP contribution in [0.2, 0.25) is 0 Å². The number of fused-ring (bicyclic) bond motifs is 1. The standard InChI is InChI=1S/C13H10ClNO/c14-13(7-8-15-16)12-6-5-10-3-1-2-4-11(10)9-12/h1-9,16H. The van der Waals surface area contributed by atoms with Crippen LogP contribution in [0, 0.1) is 0 Å². The molecule has 0 fully saturated rings. The monoisotopic (exact) mass is 231 g/mol. The Morgan fingerprint density at radius 3 is 2.62 bits per heavy atom. The van der Waals surface area contributed by atoms with E-state index in [1.165, 1.54) is 11.6 Å². The smallest absolute Gasteiger partial charge is 0.0676 e. The van der Waals surface area contributed by atoms with E-state index < -0.39 is 0 Å². The van der Waals surface area contributed by atoms with Crippen molar-refractivity contribution in [2.45, 2.75) is 0 Å². The first-order valence-electron chi connectivity index (χ1n) is 4.83. The molecule has 0 amide bonds. The largest absolute Gasteiger partial charge is 0.411 e. The van der Waals surface area contributed by atoms with E-state index in [0.717, 1.165) is 10.9 Å². The Bertz CT molecular complexity index is 561. The minimum Gasteiger partial charge on any atom is -0.411 e. The highest BCUT2D eigenvalue weighted by atomic mass is 35.5. The molecular formula is C13H10ClNO. The summed E-state index contributed by atoms with van der Waals surface area (Å²) >= 11 is 6.04. The van der Waals surface area contributed by atoms with Crippen LogP contribution in [0.15, 0.2) is 53.7 Å². The molecule has 0 atom stereocenters. The van der Waals surface area contributed by atoms with Gasteiger partial charge in [0.25, 0.3) is 0 Å². The van der Waals surface area contributed by atoms with Gasteiger partial charge in [-0.2, -0.15) is 0 Å². The highest BCUT2D eigenvalue weighted by Crippen LogP contribution is 2.23. The van der Waals surface area contributed by atoms with Crippen LogP contribution in [-0.2, 0) is 0 Å². The van der Waals surface area contributed by atoms with Crippen molar-refractivity contribution in [1.29, 1.82) is 0 Å². The zero-order valence-electron chi connectivity index (χ0n) is 8.47. The second-order valence-electron chi connectivity index (χ2n) is 3.34. The first kappa shape index (κ1) is 10.7. The Labute approximate surface area is 98.5 Å². The summed E-state index contributed by atoms with van der Waals surface area (Å²) in [6.07, 6.45) is 2.79. The fourth-order valence-corrected chi connectivity index (χ4v) is 1.71. The summed E-state index contributed by atoms with van der Waals surface area (Å²) in [5, 5.41) is 14.0. The van der Waals surface area contributed by atoms with E-state index in [1.54, 1.807) is 6.08 Å². The van der Waals surface area contributed by atoms with E-state index in [2.05, 4.69) is 5.16 Å². The highest BCUT2D eigenvalue weighted by Gasteiger charge is 1.98.